The highest BCUT2D eigenvalue weighted by Gasteiger charge is 2.34. The van der Waals surface area contributed by atoms with Gasteiger partial charge in [-0.1, -0.05) is 102 Å². The lowest BCUT2D eigenvalue weighted by Crippen LogP contribution is -2.27. The van der Waals surface area contributed by atoms with Crippen LogP contribution in [0.5, 0.6) is 0 Å². The summed E-state index contributed by atoms with van der Waals surface area (Å²) in [5, 5.41) is 3.23. The Bertz CT molecular complexity index is 1830. The van der Waals surface area contributed by atoms with Crippen LogP contribution < -0.4 is 10.6 Å². The van der Waals surface area contributed by atoms with Crippen molar-refractivity contribution in [2.75, 3.05) is 0 Å². The number of rotatable bonds is 8. The Morgan fingerprint density at radius 2 is 1.46 bits per heavy atom. The van der Waals surface area contributed by atoms with Gasteiger partial charge in [0.25, 0.3) is 0 Å². The average molecular weight is 543 g/mol. The molecular formula is C39H46N2. The second-order valence-corrected chi connectivity index (χ2v) is 11.1. The van der Waals surface area contributed by atoms with Crippen LogP contribution in [-0.2, 0) is 0 Å². The zero-order valence-electron chi connectivity index (χ0n) is 25.3. The Labute approximate surface area is 247 Å². The largest absolute Gasteiger partial charge is 0.317 e. The quantitative estimate of drug-likeness (QED) is 0.268. The summed E-state index contributed by atoms with van der Waals surface area (Å²) in [5.41, 5.74) is 12.9. The first-order valence-electron chi connectivity index (χ1n) is 13.8. The minimum Gasteiger partial charge on any atom is -0.317 e. The predicted molar refractivity (Wildman–Crippen MR) is 186 cm³/mol. The summed E-state index contributed by atoms with van der Waals surface area (Å²) >= 11 is 0. The van der Waals surface area contributed by atoms with Gasteiger partial charge >= 0.3 is 0 Å². The lowest BCUT2D eigenvalue weighted by atomic mass is 9.81. The van der Waals surface area contributed by atoms with Gasteiger partial charge in [-0.05, 0) is 81.2 Å². The topological polar surface area (TPSA) is 9.86 Å². The third-order valence-electron chi connectivity index (χ3n) is 8.66. The lowest BCUT2D eigenvalue weighted by molar-refractivity contribution is 0.562. The zero-order valence-corrected chi connectivity index (χ0v) is 25.3. The van der Waals surface area contributed by atoms with Gasteiger partial charge in [0, 0.05) is 49.7 Å². The van der Waals surface area contributed by atoms with E-state index < -0.39 is 0 Å². The van der Waals surface area contributed by atoms with Crippen LogP contribution in [0.2, 0.25) is 0 Å². The van der Waals surface area contributed by atoms with Crippen LogP contribution in [0, 0.1) is 19.3 Å². The summed E-state index contributed by atoms with van der Waals surface area (Å²) in [7, 11) is 0. The molecule has 4 rings (SSSR count). The van der Waals surface area contributed by atoms with Crippen LogP contribution in [0.4, 0.5) is 0 Å². The van der Waals surface area contributed by atoms with E-state index in [4.69, 9.17) is 0 Å². The minimum atomic E-state index is -0.0816. The average Bonchev–Trinajstić information content (AvgIpc) is 3.41. The van der Waals surface area contributed by atoms with Crippen molar-refractivity contribution in [2.45, 2.75) is 55.9 Å². The van der Waals surface area contributed by atoms with E-state index in [2.05, 4.69) is 127 Å². The SMILES string of the molecule is C.C=C/C=c1/c(C)c(C=C)n(/C(C)=C/c2c(C)n(/C(C)=C/C3=C(C)C(C)(C)C(C=C)=C3C=C)c3ccccc23)c1=C. The molecule has 0 radical (unpaired) electrons. The van der Waals surface area contributed by atoms with Gasteiger partial charge in [0.2, 0.25) is 0 Å². The van der Waals surface area contributed by atoms with Gasteiger partial charge in [0.1, 0.15) is 0 Å². The molecule has 0 aliphatic heterocycles. The number of aromatic nitrogens is 2. The molecule has 212 valence electrons. The number of hydrogen-bond donors (Lipinski definition) is 0. The van der Waals surface area contributed by atoms with Crippen molar-refractivity contribution in [3.63, 3.8) is 0 Å². The van der Waals surface area contributed by atoms with Crippen molar-refractivity contribution >= 4 is 47.1 Å². The number of hydrogen-bond acceptors (Lipinski definition) is 0. The Morgan fingerprint density at radius 3 is 2.05 bits per heavy atom. The number of nitrogens with zero attached hydrogens (tertiary/aromatic N) is 2. The summed E-state index contributed by atoms with van der Waals surface area (Å²) in [5.74, 6) is 0. The van der Waals surface area contributed by atoms with Crippen LogP contribution >= 0.6 is 0 Å². The van der Waals surface area contributed by atoms with Crippen molar-refractivity contribution in [3.8, 4) is 0 Å². The molecule has 2 heteroatoms. The summed E-state index contributed by atoms with van der Waals surface area (Å²) in [6.07, 6.45) is 14.3. The molecule has 0 amide bonds. The van der Waals surface area contributed by atoms with E-state index in [1.54, 1.807) is 0 Å². The molecule has 0 bridgehead atoms. The van der Waals surface area contributed by atoms with Crippen molar-refractivity contribution in [1.29, 1.82) is 0 Å². The Balaban J connectivity index is 0.00000462. The third-order valence-corrected chi connectivity index (χ3v) is 8.66. The molecule has 1 aromatic carbocycles. The van der Waals surface area contributed by atoms with Gasteiger partial charge in [-0.25, -0.2) is 0 Å². The summed E-state index contributed by atoms with van der Waals surface area (Å²) in [6.45, 7) is 36.0. The molecule has 0 N–H and O–H groups in total. The highest BCUT2D eigenvalue weighted by Crippen LogP contribution is 2.48. The first-order valence-corrected chi connectivity index (χ1v) is 13.8. The molecular weight excluding hydrogens is 496 g/mol. The van der Waals surface area contributed by atoms with Crippen molar-refractivity contribution in [3.05, 3.63) is 130 Å². The molecule has 0 fully saturated rings. The first kappa shape index (κ1) is 31.2. The molecule has 3 aromatic rings. The van der Waals surface area contributed by atoms with Crippen LogP contribution in [0.3, 0.4) is 0 Å². The van der Waals surface area contributed by atoms with Gasteiger partial charge in [0.15, 0.2) is 0 Å². The smallest absolute Gasteiger partial charge is 0.0534 e. The molecule has 2 nitrogen and oxygen atoms in total. The maximum absolute atomic E-state index is 4.41. The van der Waals surface area contributed by atoms with E-state index in [1.165, 1.54) is 38.9 Å². The van der Waals surface area contributed by atoms with Gasteiger partial charge in [-0.15, -0.1) is 0 Å². The fraction of sp³-hybridized carbons (Fsp3) is 0.231. The van der Waals surface area contributed by atoms with Crippen molar-refractivity contribution in [1.82, 2.24) is 9.13 Å². The van der Waals surface area contributed by atoms with E-state index >= 15 is 0 Å². The van der Waals surface area contributed by atoms with Gasteiger partial charge in [-0.2, -0.15) is 0 Å². The fourth-order valence-electron chi connectivity index (χ4n) is 6.34. The van der Waals surface area contributed by atoms with Crippen LogP contribution in [0.15, 0.2) is 97.2 Å². The molecule has 0 spiro atoms. The number of allylic oxidation sites excluding steroid dienone is 10. The monoisotopic (exact) mass is 542 g/mol. The molecule has 0 unspecified atom stereocenters. The Morgan fingerprint density at radius 1 is 0.829 bits per heavy atom. The minimum absolute atomic E-state index is 0. The molecule has 2 heterocycles. The zero-order chi connectivity index (χ0) is 29.5. The molecule has 0 atom stereocenters. The molecule has 41 heavy (non-hydrogen) atoms. The number of fused-ring (bicyclic) bond motifs is 1. The van der Waals surface area contributed by atoms with E-state index in [0.29, 0.717) is 0 Å². The highest BCUT2D eigenvalue weighted by molar-refractivity contribution is 5.96. The molecule has 1 aliphatic carbocycles. The molecule has 0 saturated heterocycles. The third kappa shape index (κ3) is 4.82. The van der Waals surface area contributed by atoms with E-state index in [-0.39, 0.29) is 12.8 Å². The van der Waals surface area contributed by atoms with Crippen molar-refractivity contribution in [2.24, 2.45) is 5.41 Å². The van der Waals surface area contributed by atoms with E-state index in [1.807, 2.05) is 30.4 Å². The van der Waals surface area contributed by atoms with Gasteiger partial charge < -0.3 is 9.13 Å². The second kappa shape index (κ2) is 11.7. The second-order valence-electron chi connectivity index (χ2n) is 11.1. The van der Waals surface area contributed by atoms with E-state index in [0.717, 1.165) is 38.8 Å². The fourth-order valence-corrected chi connectivity index (χ4v) is 6.34. The van der Waals surface area contributed by atoms with Crippen LogP contribution in [0.1, 0.15) is 64.6 Å². The van der Waals surface area contributed by atoms with Crippen LogP contribution in [0.25, 0.3) is 47.1 Å². The number of para-hydroxylation sites is 1. The summed E-state index contributed by atoms with van der Waals surface area (Å²) in [6, 6.07) is 8.62. The van der Waals surface area contributed by atoms with Crippen molar-refractivity contribution < 1.29 is 0 Å². The lowest BCUT2D eigenvalue weighted by Gasteiger charge is -2.23. The van der Waals surface area contributed by atoms with E-state index in [9.17, 15) is 0 Å². The maximum Gasteiger partial charge on any atom is 0.0534 e. The maximum atomic E-state index is 4.41. The summed E-state index contributed by atoms with van der Waals surface area (Å²) < 4.78 is 4.56. The van der Waals surface area contributed by atoms with Gasteiger partial charge in [0.05, 0.1) is 5.52 Å². The number of benzene rings is 1. The Hall–Kier alpha value is -4.30. The summed E-state index contributed by atoms with van der Waals surface area (Å²) in [4.78, 5) is 0. The molecule has 2 aromatic heterocycles. The predicted octanol–water partition coefficient (Wildman–Crippen LogP) is 9.62. The molecule has 1 aliphatic rings. The Kier molecular flexibility index (Phi) is 8.89. The standard InChI is InChI=1S/C38H42N2.CH4/c1-13-19-31-26(7)36(16-4)39(28(31)9)25(6)23-34-29(10)40(37-21-18-17-20-32(34)37)24(5)22-33-27(8)38(11,12)35(15-3)30(33)14-2;/h13-23H,1-4,9H2,5-8,10-12H3;1H4/b24-22+,25-23+,31-19-;. The highest BCUT2D eigenvalue weighted by atomic mass is 15.0. The normalized spacial score (nSPS) is 15.9. The van der Waals surface area contributed by atoms with Crippen LogP contribution in [-0.4, -0.2) is 9.13 Å². The first-order chi connectivity index (χ1) is 19.0. The van der Waals surface area contributed by atoms with Gasteiger partial charge in [-0.3, -0.25) is 0 Å². The molecule has 0 saturated carbocycles.